The summed E-state index contributed by atoms with van der Waals surface area (Å²) in [5.41, 5.74) is 1.73. The molecule has 1 fully saturated rings. The summed E-state index contributed by atoms with van der Waals surface area (Å²) < 4.78 is 26.9. The fraction of sp³-hybridized carbons (Fsp3) is 0.550. The fourth-order valence-electron chi connectivity index (χ4n) is 3.73. The normalized spacial score (nSPS) is 24.8. The smallest absolute Gasteiger partial charge is 0.247 e. The van der Waals surface area contributed by atoms with Gasteiger partial charge in [0.2, 0.25) is 15.9 Å². The van der Waals surface area contributed by atoms with Crippen LogP contribution < -0.4 is 5.32 Å². The number of nitrogens with one attached hydrogen (secondary N) is 1. The first-order chi connectivity index (χ1) is 12.4. The molecule has 3 rings (SSSR count). The van der Waals surface area contributed by atoms with Crippen molar-refractivity contribution in [3.05, 3.63) is 41.5 Å². The van der Waals surface area contributed by atoms with E-state index in [4.69, 9.17) is 0 Å². The molecule has 1 aromatic rings. The average Bonchev–Trinajstić information content (AvgIpc) is 2.64. The molecule has 0 radical (unpaired) electrons. The van der Waals surface area contributed by atoms with E-state index in [2.05, 4.69) is 12.2 Å². The Morgan fingerprint density at radius 2 is 1.85 bits per heavy atom. The van der Waals surface area contributed by atoms with Crippen LogP contribution in [0.1, 0.15) is 44.6 Å². The van der Waals surface area contributed by atoms with Gasteiger partial charge in [-0.05, 0) is 44.2 Å². The maximum atomic E-state index is 12.7. The molecule has 6 heteroatoms. The van der Waals surface area contributed by atoms with E-state index in [-0.39, 0.29) is 18.5 Å². The molecular formula is C20H28N2O3S. The molecule has 2 aliphatic rings. The van der Waals surface area contributed by atoms with Gasteiger partial charge in [0, 0.05) is 24.7 Å². The van der Waals surface area contributed by atoms with Gasteiger partial charge in [-0.25, -0.2) is 8.42 Å². The van der Waals surface area contributed by atoms with Gasteiger partial charge in [-0.15, -0.1) is 0 Å². The summed E-state index contributed by atoms with van der Waals surface area (Å²) in [5, 5.41) is 3.15. The zero-order chi connectivity index (χ0) is 18.7. The third-order valence-corrected chi connectivity index (χ3v) is 7.43. The van der Waals surface area contributed by atoms with Crippen LogP contribution >= 0.6 is 0 Å². The predicted molar refractivity (Wildman–Crippen MR) is 102 cm³/mol. The Morgan fingerprint density at radius 3 is 2.46 bits per heavy atom. The minimum atomic E-state index is -3.51. The van der Waals surface area contributed by atoms with Gasteiger partial charge in [-0.3, -0.25) is 4.79 Å². The summed E-state index contributed by atoms with van der Waals surface area (Å²) in [6, 6.07) is 7.13. The Balaban J connectivity index is 1.64. The number of hydrogen-bond acceptors (Lipinski definition) is 3. The number of nitrogens with zero attached hydrogens (tertiary/aromatic N) is 1. The lowest BCUT2D eigenvalue weighted by Crippen LogP contribution is -2.43. The first-order valence-corrected chi connectivity index (χ1v) is 10.9. The molecule has 2 atom stereocenters. The molecule has 1 aliphatic heterocycles. The molecule has 1 saturated carbocycles. The fourth-order valence-corrected chi connectivity index (χ4v) is 5.11. The van der Waals surface area contributed by atoms with E-state index in [0.29, 0.717) is 29.4 Å². The highest BCUT2D eigenvalue weighted by molar-refractivity contribution is 7.89. The SMILES string of the molecule is Cc1ccc(S(=O)(=O)N2CC=C(C(=O)N[C@@H]3CCCC[C@@H]3C)CC2)cc1. The van der Waals surface area contributed by atoms with Crippen LogP contribution in [-0.2, 0) is 14.8 Å². The lowest BCUT2D eigenvalue weighted by atomic mass is 9.85. The first-order valence-electron chi connectivity index (χ1n) is 9.44. The molecule has 0 bridgehead atoms. The number of benzene rings is 1. The molecule has 0 aromatic heterocycles. The topological polar surface area (TPSA) is 66.5 Å². The largest absolute Gasteiger partial charge is 0.349 e. The minimum absolute atomic E-state index is 0.0314. The molecule has 0 saturated heterocycles. The van der Waals surface area contributed by atoms with Crippen LogP contribution in [0.5, 0.6) is 0 Å². The Morgan fingerprint density at radius 1 is 1.15 bits per heavy atom. The molecule has 1 N–H and O–H groups in total. The van der Waals surface area contributed by atoms with Crippen molar-refractivity contribution in [1.29, 1.82) is 0 Å². The zero-order valence-corrected chi connectivity index (χ0v) is 16.4. The molecule has 0 spiro atoms. The van der Waals surface area contributed by atoms with E-state index in [1.165, 1.54) is 10.7 Å². The van der Waals surface area contributed by atoms with Gasteiger partial charge < -0.3 is 5.32 Å². The van der Waals surface area contributed by atoms with E-state index in [1.54, 1.807) is 30.3 Å². The summed E-state index contributed by atoms with van der Waals surface area (Å²) in [5.74, 6) is 0.478. The van der Waals surface area contributed by atoms with E-state index in [0.717, 1.165) is 24.8 Å². The van der Waals surface area contributed by atoms with Crippen molar-refractivity contribution >= 4 is 15.9 Å². The maximum absolute atomic E-state index is 12.7. The van der Waals surface area contributed by atoms with Crippen LogP contribution in [0, 0.1) is 12.8 Å². The van der Waals surface area contributed by atoms with Crippen molar-refractivity contribution in [1.82, 2.24) is 9.62 Å². The second kappa shape index (κ2) is 7.92. The van der Waals surface area contributed by atoms with Crippen LogP contribution in [0.4, 0.5) is 0 Å². The average molecular weight is 377 g/mol. The van der Waals surface area contributed by atoms with Gasteiger partial charge in [-0.2, -0.15) is 4.31 Å². The molecule has 1 aliphatic carbocycles. The first kappa shape index (κ1) is 19.1. The number of sulfonamides is 1. The highest BCUT2D eigenvalue weighted by atomic mass is 32.2. The van der Waals surface area contributed by atoms with E-state index in [1.807, 2.05) is 6.92 Å². The van der Waals surface area contributed by atoms with E-state index < -0.39 is 10.0 Å². The van der Waals surface area contributed by atoms with Crippen LogP contribution in [0.3, 0.4) is 0 Å². The van der Waals surface area contributed by atoms with Crippen molar-refractivity contribution in [3.8, 4) is 0 Å². The second-order valence-electron chi connectivity index (χ2n) is 7.50. The Kier molecular flexibility index (Phi) is 5.82. The molecule has 1 amide bonds. The van der Waals surface area contributed by atoms with Gasteiger partial charge in [0.15, 0.2) is 0 Å². The highest BCUT2D eigenvalue weighted by Crippen LogP contribution is 2.25. The number of carbonyl (C=O) groups excluding carboxylic acids is 1. The molecule has 142 valence electrons. The van der Waals surface area contributed by atoms with Crippen LogP contribution in [0.15, 0.2) is 40.8 Å². The molecule has 26 heavy (non-hydrogen) atoms. The van der Waals surface area contributed by atoms with Crippen LogP contribution in [0.2, 0.25) is 0 Å². The third kappa shape index (κ3) is 4.18. The Bertz CT molecular complexity index is 784. The van der Waals surface area contributed by atoms with E-state index in [9.17, 15) is 13.2 Å². The molecule has 1 heterocycles. The lowest BCUT2D eigenvalue weighted by molar-refractivity contribution is -0.119. The van der Waals surface area contributed by atoms with Gasteiger partial charge in [0.25, 0.3) is 0 Å². The molecular weight excluding hydrogens is 348 g/mol. The quantitative estimate of drug-likeness (QED) is 0.878. The van der Waals surface area contributed by atoms with Crippen LogP contribution in [0.25, 0.3) is 0 Å². The molecule has 5 nitrogen and oxygen atoms in total. The summed E-state index contributed by atoms with van der Waals surface area (Å²) >= 11 is 0. The van der Waals surface area contributed by atoms with Crippen molar-refractivity contribution in [3.63, 3.8) is 0 Å². The summed E-state index contributed by atoms with van der Waals surface area (Å²) in [7, 11) is -3.51. The van der Waals surface area contributed by atoms with Crippen molar-refractivity contribution in [2.75, 3.05) is 13.1 Å². The van der Waals surface area contributed by atoms with Crippen molar-refractivity contribution < 1.29 is 13.2 Å². The van der Waals surface area contributed by atoms with Crippen molar-refractivity contribution in [2.45, 2.75) is 56.9 Å². The maximum Gasteiger partial charge on any atom is 0.247 e. The Labute approximate surface area is 156 Å². The van der Waals surface area contributed by atoms with Gasteiger partial charge in [0.05, 0.1) is 4.90 Å². The number of rotatable bonds is 4. The van der Waals surface area contributed by atoms with E-state index >= 15 is 0 Å². The minimum Gasteiger partial charge on any atom is -0.349 e. The van der Waals surface area contributed by atoms with Gasteiger partial charge in [-0.1, -0.05) is 43.5 Å². The molecule has 0 unspecified atom stereocenters. The summed E-state index contributed by atoms with van der Waals surface area (Å²) in [6.07, 6.45) is 6.82. The Hall–Kier alpha value is -1.66. The standard InChI is InChI=1S/C20H28N2O3S/c1-15-7-9-18(10-8-15)26(24,25)22-13-11-17(12-14-22)20(23)21-19-6-4-3-5-16(19)2/h7-11,16,19H,3-6,12-14H2,1-2H3,(H,21,23)/t16-,19+/m0/s1. The van der Waals surface area contributed by atoms with Crippen molar-refractivity contribution in [2.24, 2.45) is 5.92 Å². The summed E-state index contributed by atoms with van der Waals surface area (Å²) in [6.45, 7) is 4.71. The molecule has 1 aromatic carbocycles. The van der Waals surface area contributed by atoms with Gasteiger partial charge in [0.1, 0.15) is 0 Å². The monoisotopic (exact) mass is 376 g/mol. The highest BCUT2D eigenvalue weighted by Gasteiger charge is 2.29. The summed E-state index contributed by atoms with van der Waals surface area (Å²) in [4.78, 5) is 12.8. The second-order valence-corrected chi connectivity index (χ2v) is 9.44. The number of carbonyl (C=O) groups is 1. The number of amides is 1. The third-order valence-electron chi connectivity index (χ3n) is 5.55. The number of aryl methyl sites for hydroxylation is 1. The van der Waals surface area contributed by atoms with Crippen LogP contribution in [-0.4, -0.2) is 37.8 Å². The lowest BCUT2D eigenvalue weighted by Gasteiger charge is -2.31. The number of hydrogen-bond donors (Lipinski definition) is 1. The zero-order valence-electron chi connectivity index (χ0n) is 15.6. The predicted octanol–water partition coefficient (Wildman–Crippen LogP) is 3.01. The van der Waals surface area contributed by atoms with Gasteiger partial charge >= 0.3 is 0 Å².